The van der Waals surface area contributed by atoms with Crippen LogP contribution in [-0.4, -0.2) is 30.4 Å². The van der Waals surface area contributed by atoms with Crippen LogP contribution in [0.25, 0.3) is 0 Å². The molecule has 1 saturated carbocycles. The van der Waals surface area contributed by atoms with Crippen LogP contribution < -0.4 is 5.32 Å². The maximum Gasteiger partial charge on any atom is 0.217 e. The maximum atomic E-state index is 11.6. The molecule has 0 unspecified atom stereocenters. The summed E-state index contributed by atoms with van der Waals surface area (Å²) in [7, 11) is 0. The van der Waals surface area contributed by atoms with Gasteiger partial charge in [-0.15, -0.1) is 0 Å². The monoisotopic (exact) mass is 354 g/mol. The van der Waals surface area contributed by atoms with Gasteiger partial charge in [0.25, 0.3) is 0 Å². The highest BCUT2D eigenvalue weighted by Crippen LogP contribution is 2.48. The summed E-state index contributed by atoms with van der Waals surface area (Å²) in [6.07, 6.45) is 12.1. The minimum absolute atomic E-state index is 0.0862. The molecule has 3 nitrogen and oxygen atoms in total. The summed E-state index contributed by atoms with van der Waals surface area (Å²) in [6, 6.07) is 9.09. The summed E-state index contributed by atoms with van der Waals surface area (Å²) < 4.78 is 0. The van der Waals surface area contributed by atoms with Crippen molar-refractivity contribution in [3.63, 3.8) is 0 Å². The van der Waals surface area contributed by atoms with Gasteiger partial charge < -0.3 is 10.2 Å². The summed E-state index contributed by atoms with van der Waals surface area (Å²) >= 11 is 0. The molecule has 0 bridgehead atoms. The number of hydrogen-bond acceptors (Lipinski definition) is 2. The minimum Gasteiger partial charge on any atom is -0.350 e. The Morgan fingerprint density at radius 1 is 1.08 bits per heavy atom. The van der Waals surface area contributed by atoms with Gasteiger partial charge in [0.15, 0.2) is 0 Å². The van der Waals surface area contributed by atoms with Crippen LogP contribution >= 0.6 is 0 Å². The van der Waals surface area contributed by atoms with Crippen LogP contribution in [0.4, 0.5) is 0 Å². The molecule has 2 aliphatic carbocycles. The van der Waals surface area contributed by atoms with Crippen LogP contribution in [0.15, 0.2) is 24.3 Å². The Kier molecular flexibility index (Phi) is 5.35. The number of carbonyl (C=O) groups excluding carboxylic acids is 1. The van der Waals surface area contributed by atoms with E-state index >= 15 is 0 Å². The Morgan fingerprint density at radius 2 is 1.81 bits per heavy atom. The average molecular weight is 355 g/mol. The van der Waals surface area contributed by atoms with E-state index in [9.17, 15) is 4.79 Å². The van der Waals surface area contributed by atoms with Gasteiger partial charge in [-0.3, -0.25) is 4.79 Å². The van der Waals surface area contributed by atoms with Crippen LogP contribution in [-0.2, 0) is 10.2 Å². The van der Waals surface area contributed by atoms with Gasteiger partial charge in [0, 0.05) is 13.5 Å². The van der Waals surface area contributed by atoms with Crippen molar-refractivity contribution in [3.8, 4) is 0 Å². The fourth-order valence-electron chi connectivity index (χ4n) is 5.81. The molecule has 4 rings (SSSR count). The van der Waals surface area contributed by atoms with Gasteiger partial charge in [-0.1, -0.05) is 43.5 Å². The lowest BCUT2D eigenvalue weighted by molar-refractivity contribution is -0.119. The molecule has 1 heterocycles. The number of carbonyl (C=O) groups is 1. The first kappa shape index (κ1) is 18.0. The van der Waals surface area contributed by atoms with Crippen molar-refractivity contribution in [2.24, 2.45) is 5.92 Å². The number of likely N-dealkylation sites (tertiary alicyclic amines) is 1. The van der Waals surface area contributed by atoms with Crippen LogP contribution in [0.1, 0.15) is 81.9 Å². The number of nitrogens with one attached hydrogen (secondary N) is 1. The third-order valence-electron chi connectivity index (χ3n) is 7.25. The first-order chi connectivity index (χ1) is 12.7. The summed E-state index contributed by atoms with van der Waals surface area (Å²) in [5.41, 5.74) is 3.23. The largest absolute Gasteiger partial charge is 0.350 e. The van der Waals surface area contributed by atoms with E-state index in [0.717, 1.165) is 12.3 Å². The molecular weight excluding hydrogens is 320 g/mol. The number of nitrogens with zero attached hydrogens (tertiary/aromatic N) is 1. The van der Waals surface area contributed by atoms with E-state index in [1.165, 1.54) is 82.1 Å². The average Bonchev–Trinajstić information content (AvgIpc) is 2.67. The zero-order chi connectivity index (χ0) is 18.0. The quantitative estimate of drug-likeness (QED) is 0.862. The number of benzene rings is 1. The topological polar surface area (TPSA) is 32.3 Å². The molecule has 1 aliphatic heterocycles. The predicted octanol–water partition coefficient (Wildman–Crippen LogP) is 4.57. The van der Waals surface area contributed by atoms with Crippen molar-refractivity contribution in [2.75, 3.05) is 19.6 Å². The van der Waals surface area contributed by atoms with Gasteiger partial charge in [-0.2, -0.15) is 0 Å². The highest BCUT2D eigenvalue weighted by molar-refractivity contribution is 5.73. The van der Waals surface area contributed by atoms with Crippen molar-refractivity contribution in [3.05, 3.63) is 35.4 Å². The van der Waals surface area contributed by atoms with E-state index in [0.29, 0.717) is 5.41 Å². The van der Waals surface area contributed by atoms with Crippen molar-refractivity contribution >= 4 is 5.91 Å². The lowest BCUT2D eigenvalue weighted by atomic mass is 9.63. The Labute approximate surface area is 158 Å². The minimum atomic E-state index is 0.0862. The molecule has 1 saturated heterocycles. The van der Waals surface area contributed by atoms with Crippen molar-refractivity contribution in [2.45, 2.75) is 76.2 Å². The van der Waals surface area contributed by atoms with Gasteiger partial charge in [-0.05, 0) is 74.1 Å². The zero-order valence-corrected chi connectivity index (χ0v) is 16.3. The molecule has 3 heteroatoms. The molecule has 3 aliphatic rings. The lowest BCUT2D eigenvalue weighted by Gasteiger charge is -2.48. The van der Waals surface area contributed by atoms with Gasteiger partial charge in [0.2, 0.25) is 5.91 Å². The van der Waals surface area contributed by atoms with Crippen molar-refractivity contribution < 1.29 is 4.79 Å². The van der Waals surface area contributed by atoms with Crippen LogP contribution in [0.3, 0.4) is 0 Å². The number of rotatable bonds is 3. The standard InChI is InChI=1S/C23H34N2O/c1-18(26)24-22-11-12-23(21-10-6-5-9-20(21)22)13-15-25(16-14-23)17-19-7-3-2-4-8-19/h5-6,9-10,19,22H,2-4,7-8,11-17H2,1H3,(H,24,26)/t22-/m1/s1. The van der Waals surface area contributed by atoms with E-state index < -0.39 is 0 Å². The Bertz CT molecular complexity index is 627. The number of amides is 1. The fraction of sp³-hybridized carbons (Fsp3) is 0.696. The maximum absolute atomic E-state index is 11.6. The van der Waals surface area contributed by atoms with E-state index in [1.807, 2.05) is 0 Å². The normalized spacial score (nSPS) is 26.4. The van der Waals surface area contributed by atoms with E-state index in [1.54, 1.807) is 6.92 Å². The second-order valence-corrected chi connectivity index (χ2v) is 8.96. The van der Waals surface area contributed by atoms with E-state index in [4.69, 9.17) is 0 Å². The van der Waals surface area contributed by atoms with Gasteiger partial charge in [-0.25, -0.2) is 0 Å². The Hall–Kier alpha value is -1.35. The molecule has 1 amide bonds. The Morgan fingerprint density at radius 3 is 2.54 bits per heavy atom. The van der Waals surface area contributed by atoms with Gasteiger partial charge >= 0.3 is 0 Å². The molecule has 1 aromatic rings. The summed E-state index contributed by atoms with van der Waals surface area (Å²) in [5, 5.41) is 3.17. The molecule has 1 spiro atoms. The van der Waals surface area contributed by atoms with Gasteiger partial charge in [0.1, 0.15) is 0 Å². The first-order valence-corrected chi connectivity index (χ1v) is 10.8. The summed E-state index contributed by atoms with van der Waals surface area (Å²) in [6.45, 7) is 5.45. The zero-order valence-electron chi connectivity index (χ0n) is 16.3. The number of hydrogen-bond donors (Lipinski definition) is 1. The van der Waals surface area contributed by atoms with Crippen LogP contribution in [0, 0.1) is 5.92 Å². The Balaban J connectivity index is 1.45. The molecule has 0 aromatic heterocycles. The second kappa shape index (κ2) is 7.72. The lowest BCUT2D eigenvalue weighted by Crippen LogP contribution is -2.47. The molecule has 2 fully saturated rings. The molecular formula is C23H34N2O. The first-order valence-electron chi connectivity index (χ1n) is 10.8. The molecule has 26 heavy (non-hydrogen) atoms. The highest BCUT2D eigenvalue weighted by atomic mass is 16.1. The third kappa shape index (κ3) is 3.69. The molecule has 1 aromatic carbocycles. The summed E-state index contributed by atoms with van der Waals surface area (Å²) in [5.74, 6) is 1.03. The smallest absolute Gasteiger partial charge is 0.217 e. The van der Waals surface area contributed by atoms with Crippen molar-refractivity contribution in [1.29, 1.82) is 0 Å². The molecule has 1 N–H and O–H groups in total. The fourth-order valence-corrected chi connectivity index (χ4v) is 5.81. The second-order valence-electron chi connectivity index (χ2n) is 8.96. The van der Waals surface area contributed by atoms with Gasteiger partial charge in [0.05, 0.1) is 6.04 Å². The van der Waals surface area contributed by atoms with Crippen molar-refractivity contribution in [1.82, 2.24) is 10.2 Å². The van der Waals surface area contributed by atoms with E-state index in [-0.39, 0.29) is 11.9 Å². The van der Waals surface area contributed by atoms with Crippen LogP contribution in [0.5, 0.6) is 0 Å². The van der Waals surface area contributed by atoms with E-state index in [2.05, 4.69) is 34.5 Å². The number of fused-ring (bicyclic) bond motifs is 2. The molecule has 0 radical (unpaired) electrons. The summed E-state index contributed by atoms with van der Waals surface area (Å²) in [4.78, 5) is 14.3. The third-order valence-corrected chi connectivity index (χ3v) is 7.25. The van der Waals surface area contributed by atoms with Crippen LogP contribution in [0.2, 0.25) is 0 Å². The SMILES string of the molecule is CC(=O)N[C@@H]1CCC2(CCN(CC3CCCCC3)CC2)c2ccccc21. The predicted molar refractivity (Wildman–Crippen MR) is 106 cm³/mol. The number of piperidine rings is 1. The molecule has 142 valence electrons. The molecule has 1 atom stereocenters. The highest BCUT2D eigenvalue weighted by Gasteiger charge is 2.42.